The molecule has 0 radical (unpaired) electrons. The molecule has 3 rings (SSSR count). The number of ether oxygens (including phenoxy) is 1. The van der Waals surface area contributed by atoms with E-state index in [1.807, 2.05) is 0 Å². The van der Waals surface area contributed by atoms with E-state index in [1.165, 1.54) is 24.3 Å². The van der Waals surface area contributed by atoms with Gasteiger partial charge in [-0.15, -0.1) is 0 Å². The largest absolute Gasteiger partial charge is 0.507 e. The van der Waals surface area contributed by atoms with Crippen LogP contribution in [0.4, 0.5) is 0 Å². The molecule has 1 aromatic carbocycles. The Morgan fingerprint density at radius 2 is 2.00 bits per heavy atom. The first-order valence-electron chi connectivity index (χ1n) is 10.3. The van der Waals surface area contributed by atoms with Crippen molar-refractivity contribution in [2.24, 2.45) is 0 Å². The maximum absolute atomic E-state index is 12.9. The van der Waals surface area contributed by atoms with Crippen LogP contribution >= 0.6 is 11.6 Å². The number of aliphatic hydroxyl groups is 1. The molecule has 1 aromatic heterocycles. The molecule has 2 heterocycles. The summed E-state index contributed by atoms with van der Waals surface area (Å²) in [6.07, 6.45) is 2.18. The molecular weight excluding hydrogens is 420 g/mol. The highest BCUT2D eigenvalue weighted by molar-refractivity contribution is 6.46. The molecule has 0 unspecified atom stereocenters. The van der Waals surface area contributed by atoms with Crippen molar-refractivity contribution in [2.45, 2.75) is 26.3 Å². The van der Waals surface area contributed by atoms with E-state index in [9.17, 15) is 14.7 Å². The summed E-state index contributed by atoms with van der Waals surface area (Å²) < 4.78 is 10.7. The number of carbonyl (C=O) groups is 2. The Labute approximate surface area is 186 Å². The number of amides is 1. The number of ketones is 1. The molecule has 1 N–H and O–H groups in total. The Bertz CT molecular complexity index is 966. The third-order valence-electron chi connectivity index (χ3n) is 5.55. The van der Waals surface area contributed by atoms with Gasteiger partial charge in [0, 0.05) is 12.1 Å². The predicted molar refractivity (Wildman–Crippen MR) is 118 cm³/mol. The van der Waals surface area contributed by atoms with Crippen LogP contribution < -0.4 is 4.74 Å². The summed E-state index contributed by atoms with van der Waals surface area (Å²) in [6.45, 7) is 7.16. The molecule has 1 aliphatic rings. The maximum atomic E-state index is 12.9. The number of hydrogen-bond donors (Lipinski definition) is 1. The Hall–Kier alpha value is -2.77. The normalized spacial score (nSPS) is 18.2. The second kappa shape index (κ2) is 10.0. The van der Waals surface area contributed by atoms with Gasteiger partial charge in [0.2, 0.25) is 0 Å². The van der Waals surface area contributed by atoms with Gasteiger partial charge in [0.15, 0.2) is 0 Å². The average Bonchev–Trinajstić information content (AvgIpc) is 3.38. The van der Waals surface area contributed by atoms with Gasteiger partial charge < -0.3 is 24.1 Å². The number of Topliss-reactive ketones (excluding diaryl/α,β-unsaturated/α-hetero) is 1. The summed E-state index contributed by atoms with van der Waals surface area (Å²) in [5, 5.41) is 11.3. The first kappa shape index (κ1) is 22.9. The second-order valence-electron chi connectivity index (χ2n) is 7.24. The standard InChI is InChI=1S/C23H27ClN2O5/c1-4-25(5-2)11-7-12-26-20(18-8-6-13-31-18)19(22(28)23(26)29)21(27)15-9-10-17(30-3)16(24)14-15/h6,8-10,13-14,20,27H,4-5,7,11-12H2,1-3H3/b21-19+/t20-/m0/s1. The van der Waals surface area contributed by atoms with Crippen LogP contribution in [0.25, 0.3) is 5.76 Å². The van der Waals surface area contributed by atoms with Crippen LogP contribution in [0.15, 0.2) is 46.6 Å². The smallest absolute Gasteiger partial charge is 0.295 e. The number of hydrogen-bond acceptors (Lipinski definition) is 6. The van der Waals surface area contributed by atoms with Crippen LogP contribution in [0.2, 0.25) is 5.02 Å². The van der Waals surface area contributed by atoms with E-state index in [0.717, 1.165) is 19.6 Å². The summed E-state index contributed by atoms with van der Waals surface area (Å²) in [5.74, 6) is -0.827. The fraction of sp³-hybridized carbons (Fsp3) is 0.391. The van der Waals surface area contributed by atoms with Crippen LogP contribution in [0.1, 0.15) is 37.6 Å². The predicted octanol–water partition coefficient (Wildman–Crippen LogP) is 4.10. The van der Waals surface area contributed by atoms with Crippen molar-refractivity contribution in [1.29, 1.82) is 0 Å². The monoisotopic (exact) mass is 446 g/mol. The van der Waals surface area contributed by atoms with Gasteiger partial charge in [-0.05, 0) is 56.4 Å². The zero-order chi connectivity index (χ0) is 22.5. The minimum absolute atomic E-state index is 0.0102. The zero-order valence-corrected chi connectivity index (χ0v) is 18.7. The minimum Gasteiger partial charge on any atom is -0.507 e. The van der Waals surface area contributed by atoms with Crippen LogP contribution in [0, 0.1) is 0 Å². The summed E-state index contributed by atoms with van der Waals surface area (Å²) >= 11 is 6.19. The summed E-state index contributed by atoms with van der Waals surface area (Å²) in [6, 6.07) is 7.28. The number of benzene rings is 1. The first-order valence-corrected chi connectivity index (χ1v) is 10.7. The van der Waals surface area contributed by atoms with E-state index in [-0.39, 0.29) is 16.4 Å². The highest BCUT2D eigenvalue weighted by Crippen LogP contribution is 2.40. The SMILES string of the molecule is CCN(CC)CCCN1C(=O)C(=O)/C(=C(/O)c2ccc(OC)c(Cl)c2)[C@@H]1c1ccco1. The molecule has 166 valence electrons. The molecule has 0 spiro atoms. The van der Waals surface area contributed by atoms with Crippen molar-refractivity contribution in [3.05, 3.63) is 58.5 Å². The summed E-state index contributed by atoms with van der Waals surface area (Å²) in [4.78, 5) is 29.5. The first-order chi connectivity index (χ1) is 14.9. The molecule has 1 aliphatic heterocycles. The second-order valence-corrected chi connectivity index (χ2v) is 7.64. The number of aliphatic hydroxyl groups excluding tert-OH is 1. The molecular formula is C23H27ClN2O5. The molecule has 1 saturated heterocycles. The lowest BCUT2D eigenvalue weighted by Crippen LogP contribution is -2.33. The lowest BCUT2D eigenvalue weighted by molar-refractivity contribution is -0.140. The van der Waals surface area contributed by atoms with E-state index >= 15 is 0 Å². The van der Waals surface area contributed by atoms with Crippen molar-refractivity contribution in [3.63, 3.8) is 0 Å². The molecule has 0 bridgehead atoms. The third-order valence-corrected chi connectivity index (χ3v) is 5.84. The molecule has 7 nitrogen and oxygen atoms in total. The number of nitrogens with zero attached hydrogens (tertiary/aromatic N) is 2. The van der Waals surface area contributed by atoms with Crippen molar-refractivity contribution in [3.8, 4) is 5.75 Å². The van der Waals surface area contributed by atoms with Gasteiger partial charge in [-0.3, -0.25) is 9.59 Å². The van der Waals surface area contributed by atoms with E-state index in [2.05, 4.69) is 18.7 Å². The highest BCUT2D eigenvalue weighted by Gasteiger charge is 2.47. The molecule has 31 heavy (non-hydrogen) atoms. The van der Waals surface area contributed by atoms with E-state index in [1.54, 1.807) is 24.3 Å². The number of halogens is 1. The number of methoxy groups -OCH3 is 1. The van der Waals surface area contributed by atoms with Gasteiger partial charge in [0.25, 0.3) is 11.7 Å². The molecule has 1 atom stereocenters. The van der Waals surface area contributed by atoms with Crippen LogP contribution in [-0.4, -0.2) is 59.9 Å². The van der Waals surface area contributed by atoms with Gasteiger partial charge in [-0.2, -0.15) is 0 Å². The Balaban J connectivity index is 1.98. The molecule has 1 amide bonds. The molecule has 2 aromatic rings. The van der Waals surface area contributed by atoms with E-state index in [4.69, 9.17) is 20.8 Å². The fourth-order valence-corrected chi connectivity index (χ4v) is 4.08. The average molecular weight is 447 g/mol. The molecule has 0 saturated carbocycles. The van der Waals surface area contributed by atoms with Gasteiger partial charge in [-0.1, -0.05) is 25.4 Å². The van der Waals surface area contributed by atoms with Crippen LogP contribution in [0.3, 0.4) is 0 Å². The summed E-state index contributed by atoms with van der Waals surface area (Å²) in [5.41, 5.74) is 0.313. The van der Waals surface area contributed by atoms with Gasteiger partial charge in [0.05, 0.1) is 24.0 Å². The maximum Gasteiger partial charge on any atom is 0.295 e. The zero-order valence-electron chi connectivity index (χ0n) is 17.9. The van der Waals surface area contributed by atoms with Crippen LogP contribution in [0.5, 0.6) is 5.75 Å². The Morgan fingerprint density at radius 1 is 1.26 bits per heavy atom. The van der Waals surface area contributed by atoms with Gasteiger partial charge in [0.1, 0.15) is 23.3 Å². The number of likely N-dealkylation sites (tertiary alicyclic amines) is 1. The quantitative estimate of drug-likeness (QED) is 0.355. The van der Waals surface area contributed by atoms with Crippen molar-refractivity contribution in [1.82, 2.24) is 9.80 Å². The van der Waals surface area contributed by atoms with E-state index in [0.29, 0.717) is 30.0 Å². The van der Waals surface area contributed by atoms with Crippen molar-refractivity contribution < 1.29 is 23.8 Å². The molecule has 0 aliphatic carbocycles. The number of rotatable bonds is 9. The third kappa shape index (κ3) is 4.62. The van der Waals surface area contributed by atoms with Crippen molar-refractivity contribution in [2.75, 3.05) is 33.3 Å². The van der Waals surface area contributed by atoms with Gasteiger partial charge >= 0.3 is 0 Å². The van der Waals surface area contributed by atoms with Gasteiger partial charge in [-0.25, -0.2) is 0 Å². The lowest BCUT2D eigenvalue weighted by atomic mass is 9.99. The highest BCUT2D eigenvalue weighted by atomic mass is 35.5. The lowest BCUT2D eigenvalue weighted by Gasteiger charge is -2.25. The number of furan rings is 1. The van der Waals surface area contributed by atoms with E-state index < -0.39 is 17.7 Å². The number of carbonyl (C=O) groups excluding carboxylic acids is 2. The van der Waals surface area contributed by atoms with Crippen LogP contribution in [-0.2, 0) is 9.59 Å². The Morgan fingerprint density at radius 3 is 2.58 bits per heavy atom. The molecule has 1 fully saturated rings. The Kier molecular flexibility index (Phi) is 7.41. The topological polar surface area (TPSA) is 83.2 Å². The molecule has 8 heteroatoms. The summed E-state index contributed by atoms with van der Waals surface area (Å²) in [7, 11) is 1.49. The van der Waals surface area contributed by atoms with Crippen molar-refractivity contribution >= 4 is 29.1 Å². The fourth-order valence-electron chi connectivity index (χ4n) is 3.83. The minimum atomic E-state index is -0.799.